The number of aromatic carboxylic acids is 1. The van der Waals surface area contributed by atoms with E-state index in [4.69, 9.17) is 10.8 Å². The summed E-state index contributed by atoms with van der Waals surface area (Å²) in [6.45, 7) is 2.91. The third-order valence-electron chi connectivity index (χ3n) is 2.75. The molecule has 114 valence electrons. The second-order valence-corrected chi connectivity index (χ2v) is 4.57. The van der Waals surface area contributed by atoms with Crippen LogP contribution in [-0.2, 0) is 4.79 Å². The molecule has 0 aliphatic heterocycles. The average Bonchev–Trinajstić information content (AvgIpc) is 2.34. The number of carbonyl (C=O) groups excluding carboxylic acids is 1. The lowest BCUT2D eigenvalue weighted by Crippen LogP contribution is -2.39. The molecule has 0 unspecified atom stereocenters. The molecule has 21 heavy (non-hydrogen) atoms. The molecule has 1 amide bonds. The quantitative estimate of drug-likeness (QED) is 0.599. The van der Waals surface area contributed by atoms with Crippen molar-refractivity contribution in [2.24, 2.45) is 5.73 Å². The molecule has 1 aromatic carbocycles. The minimum atomic E-state index is -1.56. The molecule has 1 rings (SSSR count). The van der Waals surface area contributed by atoms with E-state index in [1.54, 1.807) is 13.8 Å². The monoisotopic (exact) mass is 299 g/mol. The maximum atomic E-state index is 13.6. The molecule has 0 atom stereocenters. The Labute approximate surface area is 119 Å². The lowest BCUT2D eigenvalue weighted by Gasteiger charge is -2.27. The average molecular weight is 299 g/mol. The van der Waals surface area contributed by atoms with Crippen molar-refractivity contribution in [3.63, 3.8) is 0 Å². The van der Waals surface area contributed by atoms with Gasteiger partial charge in [-0.2, -0.15) is 0 Å². The van der Waals surface area contributed by atoms with Gasteiger partial charge < -0.3 is 15.7 Å². The molecule has 0 saturated carbocycles. The summed E-state index contributed by atoms with van der Waals surface area (Å²) in [6.07, 6.45) is 0. The van der Waals surface area contributed by atoms with Crippen molar-refractivity contribution >= 4 is 23.3 Å². The zero-order valence-corrected chi connectivity index (χ0v) is 11.4. The first-order chi connectivity index (χ1) is 9.65. The summed E-state index contributed by atoms with van der Waals surface area (Å²) in [4.78, 5) is 33.4. The van der Waals surface area contributed by atoms with Gasteiger partial charge in [0, 0.05) is 6.04 Å². The van der Waals surface area contributed by atoms with E-state index in [2.05, 4.69) is 0 Å². The number of hydrogen-bond acceptors (Lipinski definition) is 5. The maximum Gasteiger partial charge on any atom is 0.338 e. The van der Waals surface area contributed by atoms with Gasteiger partial charge in [0.05, 0.1) is 23.1 Å². The number of carboxylic acids is 1. The molecule has 0 aromatic heterocycles. The van der Waals surface area contributed by atoms with Gasteiger partial charge in [0.15, 0.2) is 0 Å². The molecular formula is C12H14FN3O5. The molecule has 0 heterocycles. The van der Waals surface area contributed by atoms with Gasteiger partial charge in [-0.1, -0.05) is 0 Å². The van der Waals surface area contributed by atoms with Crippen LogP contribution in [0.1, 0.15) is 24.2 Å². The number of carboxylic acid groups (broad SMARTS) is 1. The van der Waals surface area contributed by atoms with Crippen LogP contribution < -0.4 is 10.6 Å². The second kappa shape index (κ2) is 6.16. The van der Waals surface area contributed by atoms with Crippen LogP contribution in [0.4, 0.5) is 15.8 Å². The number of anilines is 1. The molecule has 0 aliphatic carbocycles. The molecule has 0 bridgehead atoms. The normalized spacial score (nSPS) is 10.5. The first-order valence-corrected chi connectivity index (χ1v) is 5.91. The lowest BCUT2D eigenvalue weighted by atomic mass is 10.1. The molecular weight excluding hydrogens is 285 g/mol. The number of nitro groups is 1. The number of amides is 1. The Kier molecular flexibility index (Phi) is 4.79. The number of primary amides is 1. The van der Waals surface area contributed by atoms with E-state index in [0.717, 1.165) is 6.07 Å². The first kappa shape index (κ1) is 16.3. The summed E-state index contributed by atoms with van der Waals surface area (Å²) in [6, 6.07) is 0.969. The van der Waals surface area contributed by atoms with Gasteiger partial charge >= 0.3 is 5.97 Å². The Balaban J connectivity index is 3.55. The molecule has 0 spiro atoms. The smallest absolute Gasteiger partial charge is 0.338 e. The number of carbonyl (C=O) groups is 2. The summed E-state index contributed by atoms with van der Waals surface area (Å²) in [5.41, 5.74) is 3.56. The number of benzene rings is 1. The Bertz CT molecular complexity index is 603. The van der Waals surface area contributed by atoms with Gasteiger partial charge in [0.2, 0.25) is 5.91 Å². The van der Waals surface area contributed by atoms with Gasteiger partial charge in [0.25, 0.3) is 5.69 Å². The zero-order valence-electron chi connectivity index (χ0n) is 11.4. The van der Waals surface area contributed by atoms with Crippen molar-refractivity contribution in [2.75, 3.05) is 11.4 Å². The summed E-state index contributed by atoms with van der Waals surface area (Å²) >= 11 is 0. The van der Waals surface area contributed by atoms with Crippen LogP contribution in [0.2, 0.25) is 0 Å². The predicted octanol–water partition coefficient (Wildman–Crippen LogP) is 1.13. The van der Waals surface area contributed by atoms with E-state index in [-0.39, 0.29) is 18.3 Å². The number of rotatable bonds is 6. The van der Waals surface area contributed by atoms with Crippen molar-refractivity contribution < 1.29 is 24.0 Å². The molecule has 0 radical (unpaired) electrons. The maximum absolute atomic E-state index is 13.6. The van der Waals surface area contributed by atoms with E-state index in [1.165, 1.54) is 4.90 Å². The minimum absolute atomic E-state index is 0.174. The fraction of sp³-hybridized carbons (Fsp3) is 0.333. The number of halogens is 1. The van der Waals surface area contributed by atoms with Gasteiger partial charge in [-0.3, -0.25) is 14.9 Å². The third kappa shape index (κ3) is 3.65. The van der Waals surface area contributed by atoms with E-state index in [9.17, 15) is 24.1 Å². The molecule has 3 N–H and O–H groups in total. The number of nitrogens with zero attached hydrogens (tertiary/aromatic N) is 2. The van der Waals surface area contributed by atoms with Crippen molar-refractivity contribution in [1.82, 2.24) is 0 Å². The van der Waals surface area contributed by atoms with E-state index < -0.39 is 33.9 Å². The SMILES string of the molecule is CC(C)N(CC(N)=O)c1cc(C(=O)O)c(F)cc1[N+](=O)[O-]. The summed E-state index contributed by atoms with van der Waals surface area (Å²) in [7, 11) is 0. The van der Waals surface area contributed by atoms with Crippen molar-refractivity contribution in [3.8, 4) is 0 Å². The van der Waals surface area contributed by atoms with Crippen molar-refractivity contribution in [3.05, 3.63) is 33.6 Å². The standard InChI is InChI=1S/C12H14FN3O5/c1-6(2)15(5-11(14)17)9-3-7(12(18)19)8(13)4-10(9)16(20)21/h3-4,6H,5H2,1-2H3,(H2,14,17)(H,18,19). The van der Waals surface area contributed by atoms with E-state index in [0.29, 0.717) is 6.07 Å². The fourth-order valence-corrected chi connectivity index (χ4v) is 1.81. The Morgan fingerprint density at radius 3 is 2.43 bits per heavy atom. The van der Waals surface area contributed by atoms with Crippen LogP contribution in [0.15, 0.2) is 12.1 Å². The topological polar surface area (TPSA) is 127 Å². The first-order valence-electron chi connectivity index (χ1n) is 5.91. The minimum Gasteiger partial charge on any atom is -0.478 e. The molecule has 1 aromatic rings. The van der Waals surface area contributed by atoms with Gasteiger partial charge in [-0.15, -0.1) is 0 Å². The zero-order chi connectivity index (χ0) is 16.3. The van der Waals surface area contributed by atoms with E-state index >= 15 is 0 Å². The Morgan fingerprint density at radius 2 is 2.05 bits per heavy atom. The van der Waals surface area contributed by atoms with Crippen LogP contribution in [0.3, 0.4) is 0 Å². The summed E-state index contributed by atoms with van der Waals surface area (Å²) < 4.78 is 13.6. The number of nitrogens with two attached hydrogens (primary N) is 1. The van der Waals surface area contributed by atoms with Crippen molar-refractivity contribution in [1.29, 1.82) is 0 Å². The highest BCUT2D eigenvalue weighted by Gasteiger charge is 2.27. The van der Waals surface area contributed by atoms with Gasteiger partial charge in [-0.25, -0.2) is 9.18 Å². The van der Waals surface area contributed by atoms with Gasteiger partial charge in [-0.05, 0) is 19.9 Å². The lowest BCUT2D eigenvalue weighted by molar-refractivity contribution is -0.384. The van der Waals surface area contributed by atoms with Crippen molar-refractivity contribution in [2.45, 2.75) is 19.9 Å². The Morgan fingerprint density at radius 1 is 1.48 bits per heavy atom. The number of nitro benzene ring substituents is 1. The van der Waals surface area contributed by atoms with Gasteiger partial charge in [0.1, 0.15) is 11.5 Å². The highest BCUT2D eigenvalue weighted by molar-refractivity contribution is 5.91. The van der Waals surface area contributed by atoms with Crippen LogP contribution in [0.25, 0.3) is 0 Å². The second-order valence-electron chi connectivity index (χ2n) is 4.57. The summed E-state index contributed by atoms with van der Waals surface area (Å²) in [5.74, 6) is -3.54. The van der Waals surface area contributed by atoms with Crippen LogP contribution in [0.5, 0.6) is 0 Å². The Hall–Kier alpha value is -2.71. The van der Waals surface area contributed by atoms with Crippen LogP contribution in [-0.4, -0.2) is 34.5 Å². The van der Waals surface area contributed by atoms with Crippen LogP contribution in [0, 0.1) is 15.9 Å². The number of hydrogen-bond donors (Lipinski definition) is 2. The van der Waals surface area contributed by atoms with E-state index in [1.807, 2.05) is 0 Å². The molecule has 0 fully saturated rings. The molecule has 9 heteroatoms. The summed E-state index contributed by atoms with van der Waals surface area (Å²) in [5, 5.41) is 19.9. The predicted molar refractivity (Wildman–Crippen MR) is 71.7 cm³/mol. The highest BCUT2D eigenvalue weighted by atomic mass is 19.1. The largest absolute Gasteiger partial charge is 0.478 e. The molecule has 0 aliphatic rings. The van der Waals surface area contributed by atoms with Crippen LogP contribution >= 0.6 is 0 Å². The molecule has 8 nitrogen and oxygen atoms in total. The highest BCUT2D eigenvalue weighted by Crippen LogP contribution is 2.32. The third-order valence-corrected chi connectivity index (χ3v) is 2.75. The molecule has 0 saturated heterocycles. The fourth-order valence-electron chi connectivity index (χ4n) is 1.81.